The average Bonchev–Trinajstić information content (AvgIpc) is 3.09. The van der Waals surface area contributed by atoms with Gasteiger partial charge in [0.05, 0.1) is 7.11 Å². The van der Waals surface area contributed by atoms with Crippen molar-refractivity contribution < 1.29 is 14.9 Å². The van der Waals surface area contributed by atoms with Gasteiger partial charge in [-0.3, -0.25) is 0 Å². The normalized spacial score (nSPS) is 15.8. The lowest BCUT2D eigenvalue weighted by Gasteiger charge is -2.37. The number of halogens is 2. The fraction of sp³-hybridized carbons (Fsp3) is 0.364. The predicted octanol–water partition coefficient (Wildman–Crippen LogP) is 9.97. The number of rotatable bonds is 13. The SMILES string of the molecule is CC(=Cc1ccc(Cl)cc1)C(O)(c1ccc(C)cc1)C(C)CN(C)C.COc1ccc(C(O)(C(C)=Cc2ccc(Cl)cc2)C(C)CN(C)C)cc1. The molecule has 0 aliphatic rings. The second-order valence-corrected chi connectivity index (χ2v) is 15.1. The lowest BCUT2D eigenvalue weighted by molar-refractivity contribution is 0.0104. The van der Waals surface area contributed by atoms with Crippen LogP contribution in [0, 0.1) is 18.8 Å². The molecule has 0 saturated carbocycles. The molecule has 7 heteroatoms. The van der Waals surface area contributed by atoms with Crippen molar-refractivity contribution in [3.05, 3.63) is 146 Å². The van der Waals surface area contributed by atoms with E-state index in [0.29, 0.717) is 10.0 Å². The van der Waals surface area contributed by atoms with Crippen molar-refractivity contribution in [3.63, 3.8) is 0 Å². The smallest absolute Gasteiger partial charge is 0.118 e. The van der Waals surface area contributed by atoms with E-state index in [9.17, 15) is 10.2 Å². The Bertz CT molecular complexity index is 1720. The highest BCUT2D eigenvalue weighted by atomic mass is 35.5. The zero-order valence-corrected chi connectivity index (χ0v) is 33.4. The van der Waals surface area contributed by atoms with Crippen LogP contribution in [0.3, 0.4) is 0 Å². The average molecular weight is 732 g/mol. The van der Waals surface area contributed by atoms with E-state index >= 15 is 0 Å². The van der Waals surface area contributed by atoms with Crippen molar-refractivity contribution in [2.75, 3.05) is 48.4 Å². The highest BCUT2D eigenvalue weighted by Gasteiger charge is 2.39. The first-order valence-electron chi connectivity index (χ1n) is 17.3. The Balaban J connectivity index is 0.000000276. The maximum absolute atomic E-state index is 11.8. The van der Waals surface area contributed by atoms with Gasteiger partial charge in [-0.2, -0.15) is 0 Å². The molecule has 0 fully saturated rings. The monoisotopic (exact) mass is 730 g/mol. The van der Waals surface area contributed by atoms with Crippen LogP contribution in [-0.4, -0.2) is 68.4 Å². The molecule has 0 aliphatic carbocycles. The van der Waals surface area contributed by atoms with Crippen LogP contribution in [0.4, 0.5) is 0 Å². The number of aryl methyl sites for hydroxylation is 1. The van der Waals surface area contributed by atoms with Gasteiger partial charge in [-0.15, -0.1) is 0 Å². The third kappa shape index (κ3) is 11.3. The first-order chi connectivity index (χ1) is 24.0. The van der Waals surface area contributed by atoms with Crippen LogP contribution < -0.4 is 4.74 Å². The number of aliphatic hydroxyl groups is 2. The molecular weight excluding hydrogens is 675 g/mol. The van der Waals surface area contributed by atoms with E-state index < -0.39 is 11.2 Å². The minimum Gasteiger partial charge on any atom is -0.497 e. The Kier molecular flexibility index (Phi) is 15.6. The van der Waals surface area contributed by atoms with Crippen LogP contribution >= 0.6 is 23.2 Å². The molecule has 0 amide bonds. The fourth-order valence-electron chi connectivity index (χ4n) is 6.65. The van der Waals surface area contributed by atoms with Crippen LogP contribution in [0.25, 0.3) is 12.2 Å². The highest BCUT2D eigenvalue weighted by molar-refractivity contribution is 6.30. The van der Waals surface area contributed by atoms with Gasteiger partial charge in [-0.25, -0.2) is 0 Å². The molecule has 51 heavy (non-hydrogen) atoms. The number of hydrogen-bond acceptors (Lipinski definition) is 5. The molecule has 4 aromatic carbocycles. The summed E-state index contributed by atoms with van der Waals surface area (Å²) in [5, 5.41) is 25.0. The largest absolute Gasteiger partial charge is 0.497 e. The van der Waals surface area contributed by atoms with Gasteiger partial charge < -0.3 is 24.7 Å². The number of benzene rings is 4. The summed E-state index contributed by atoms with van der Waals surface area (Å²) in [6.07, 6.45) is 4.06. The van der Waals surface area contributed by atoms with Crippen molar-refractivity contribution in [1.82, 2.24) is 9.80 Å². The Morgan fingerprint density at radius 1 is 0.627 bits per heavy atom. The zero-order chi connectivity index (χ0) is 37.9. The van der Waals surface area contributed by atoms with E-state index in [1.165, 1.54) is 5.56 Å². The van der Waals surface area contributed by atoms with Gasteiger partial charge in [-0.1, -0.05) is 115 Å². The fourth-order valence-corrected chi connectivity index (χ4v) is 6.90. The molecule has 0 aromatic heterocycles. The summed E-state index contributed by atoms with van der Waals surface area (Å²) >= 11 is 12.0. The van der Waals surface area contributed by atoms with Gasteiger partial charge >= 0.3 is 0 Å². The molecule has 0 spiro atoms. The lowest BCUT2D eigenvalue weighted by Crippen LogP contribution is -2.40. The Labute approximate surface area is 316 Å². The summed E-state index contributed by atoms with van der Waals surface area (Å²) in [5.41, 5.74) is 4.71. The summed E-state index contributed by atoms with van der Waals surface area (Å²) < 4.78 is 5.26. The van der Waals surface area contributed by atoms with Crippen LogP contribution in [0.2, 0.25) is 10.0 Å². The first-order valence-corrected chi connectivity index (χ1v) is 18.1. The van der Waals surface area contributed by atoms with Gasteiger partial charge in [0, 0.05) is 35.0 Å². The molecule has 2 N–H and O–H groups in total. The third-order valence-corrected chi connectivity index (χ3v) is 9.94. The van der Waals surface area contributed by atoms with E-state index in [4.69, 9.17) is 27.9 Å². The molecule has 0 bridgehead atoms. The maximum Gasteiger partial charge on any atom is 0.118 e. The van der Waals surface area contributed by atoms with Gasteiger partial charge in [0.2, 0.25) is 0 Å². The van der Waals surface area contributed by atoms with Crippen molar-refractivity contribution in [2.24, 2.45) is 11.8 Å². The quantitative estimate of drug-likeness (QED) is 0.143. The molecule has 5 nitrogen and oxygen atoms in total. The van der Waals surface area contributed by atoms with Crippen molar-refractivity contribution >= 4 is 35.4 Å². The number of methoxy groups -OCH3 is 1. The van der Waals surface area contributed by atoms with E-state index in [1.54, 1.807) is 7.11 Å². The van der Waals surface area contributed by atoms with Gasteiger partial charge in [0.25, 0.3) is 0 Å². The predicted molar refractivity (Wildman–Crippen MR) is 218 cm³/mol. The topological polar surface area (TPSA) is 56.2 Å². The van der Waals surface area contributed by atoms with Crippen molar-refractivity contribution in [3.8, 4) is 5.75 Å². The van der Waals surface area contributed by atoms with Crippen molar-refractivity contribution in [2.45, 2.75) is 45.8 Å². The summed E-state index contributed by atoms with van der Waals surface area (Å²) in [6, 6.07) is 31.1. The first kappa shape index (κ1) is 42.0. The number of ether oxygens (including phenoxy) is 1. The molecule has 0 saturated heterocycles. The van der Waals surface area contributed by atoms with Crippen LogP contribution in [0.1, 0.15) is 55.5 Å². The Hall–Kier alpha value is -3.42. The zero-order valence-electron chi connectivity index (χ0n) is 31.9. The summed E-state index contributed by atoms with van der Waals surface area (Å²) in [7, 11) is 9.74. The third-order valence-electron chi connectivity index (χ3n) is 9.43. The second-order valence-electron chi connectivity index (χ2n) is 14.2. The molecule has 0 heterocycles. The summed E-state index contributed by atoms with van der Waals surface area (Å²) in [5.74, 6) is 0.805. The Morgan fingerprint density at radius 3 is 1.27 bits per heavy atom. The molecule has 274 valence electrons. The summed E-state index contributed by atoms with van der Waals surface area (Å²) in [4.78, 5) is 4.20. The van der Waals surface area contributed by atoms with Gasteiger partial charge in [0.1, 0.15) is 17.0 Å². The Morgan fingerprint density at radius 2 is 0.961 bits per heavy atom. The van der Waals surface area contributed by atoms with Crippen LogP contribution in [-0.2, 0) is 11.2 Å². The minimum absolute atomic E-state index is 0.00514. The van der Waals surface area contributed by atoms with Crippen LogP contribution in [0.5, 0.6) is 5.75 Å². The van der Waals surface area contributed by atoms with Gasteiger partial charge in [-0.05, 0) is 119 Å². The molecule has 4 atom stereocenters. The number of nitrogens with zero attached hydrogens (tertiary/aromatic N) is 2. The maximum atomic E-state index is 11.8. The molecule has 0 aliphatic heterocycles. The lowest BCUT2D eigenvalue weighted by atomic mass is 9.76. The van der Waals surface area contributed by atoms with Crippen molar-refractivity contribution in [1.29, 1.82) is 0 Å². The number of hydrogen-bond donors (Lipinski definition) is 2. The molecule has 0 radical (unpaired) electrons. The van der Waals surface area contributed by atoms with E-state index in [0.717, 1.165) is 52.2 Å². The summed E-state index contributed by atoms with van der Waals surface area (Å²) in [6.45, 7) is 11.8. The minimum atomic E-state index is -1.09. The van der Waals surface area contributed by atoms with Crippen LogP contribution in [0.15, 0.2) is 108 Å². The molecule has 4 rings (SSSR count). The van der Waals surface area contributed by atoms with Gasteiger partial charge in [0.15, 0.2) is 0 Å². The molecule has 4 aromatic rings. The standard InChI is InChI=1S/C22H28ClNO2.C22H28ClNO/c1-16(14-18-6-10-20(23)11-7-18)22(25,17(2)15-24(3)4)19-8-12-21(26-5)13-9-19;1-16-6-10-20(11-7-16)22(25,18(3)15-24(4)5)17(2)14-19-8-12-21(23)13-9-19/h6-14,17,25H,15H2,1-5H3;6-14,18,25H,15H2,1-5H3. The van der Waals surface area contributed by atoms with E-state index in [-0.39, 0.29) is 11.8 Å². The molecule has 4 unspecified atom stereocenters. The molecular formula is C44H56Cl2N2O3. The van der Waals surface area contributed by atoms with E-state index in [1.807, 2.05) is 139 Å². The van der Waals surface area contributed by atoms with E-state index in [2.05, 4.69) is 42.7 Å². The second kappa shape index (κ2) is 18.9. The highest BCUT2D eigenvalue weighted by Crippen LogP contribution is 2.40.